The van der Waals surface area contributed by atoms with E-state index < -0.39 is 0 Å². The fourth-order valence-electron chi connectivity index (χ4n) is 3.53. The van der Waals surface area contributed by atoms with Crippen molar-refractivity contribution in [2.45, 2.75) is 78.1 Å². The fraction of sp³-hybridized carbons (Fsp3) is 0.700. The van der Waals surface area contributed by atoms with E-state index in [2.05, 4.69) is 39.1 Å². The summed E-state index contributed by atoms with van der Waals surface area (Å²) in [7, 11) is 0. The molecule has 4 heteroatoms. The highest BCUT2D eigenvalue weighted by Crippen LogP contribution is 2.37. The Morgan fingerprint density at radius 3 is 2.54 bits per heavy atom. The Kier molecular flexibility index (Phi) is 6.46. The zero-order valence-electron chi connectivity index (χ0n) is 15.4. The van der Waals surface area contributed by atoms with Gasteiger partial charge in [-0.25, -0.2) is 0 Å². The SMILES string of the molecule is CCCCC1CCC(C(=O)Nc2scc(C(C)(C)C)c2C#N)CC1. The van der Waals surface area contributed by atoms with Crippen LogP contribution in [0.5, 0.6) is 0 Å². The lowest BCUT2D eigenvalue weighted by Gasteiger charge is -2.27. The highest BCUT2D eigenvalue weighted by atomic mass is 32.1. The summed E-state index contributed by atoms with van der Waals surface area (Å²) in [5, 5.41) is 15.3. The summed E-state index contributed by atoms with van der Waals surface area (Å²) in [6.07, 6.45) is 8.17. The molecule has 0 radical (unpaired) electrons. The van der Waals surface area contributed by atoms with Gasteiger partial charge in [-0.2, -0.15) is 5.26 Å². The third-order valence-electron chi connectivity index (χ3n) is 5.13. The van der Waals surface area contributed by atoms with E-state index in [0.717, 1.165) is 29.3 Å². The fourth-order valence-corrected chi connectivity index (χ4v) is 4.67. The number of carbonyl (C=O) groups is 1. The number of nitriles is 1. The molecule has 1 aromatic rings. The molecule has 0 unspecified atom stereocenters. The maximum Gasteiger partial charge on any atom is 0.228 e. The molecule has 1 fully saturated rings. The largest absolute Gasteiger partial charge is 0.316 e. The molecule has 0 aromatic carbocycles. The second-order valence-corrected chi connectivity index (χ2v) is 8.94. The van der Waals surface area contributed by atoms with Crippen LogP contribution in [0.3, 0.4) is 0 Å². The van der Waals surface area contributed by atoms with E-state index >= 15 is 0 Å². The molecule has 1 aliphatic carbocycles. The quantitative estimate of drug-likeness (QED) is 0.726. The first kappa shape index (κ1) is 19.0. The number of hydrogen-bond donors (Lipinski definition) is 1. The smallest absolute Gasteiger partial charge is 0.228 e. The molecule has 0 aliphatic heterocycles. The monoisotopic (exact) mass is 346 g/mol. The molecule has 132 valence electrons. The average molecular weight is 347 g/mol. The topological polar surface area (TPSA) is 52.9 Å². The Bertz CT molecular complexity index is 598. The summed E-state index contributed by atoms with van der Waals surface area (Å²) in [5.74, 6) is 1.01. The average Bonchev–Trinajstić information content (AvgIpc) is 2.96. The summed E-state index contributed by atoms with van der Waals surface area (Å²) in [4.78, 5) is 12.6. The number of rotatable bonds is 5. The number of nitrogens with zero attached hydrogens (tertiary/aromatic N) is 1. The number of nitrogens with one attached hydrogen (secondary N) is 1. The normalized spacial score (nSPS) is 21.3. The van der Waals surface area contributed by atoms with Crippen molar-refractivity contribution >= 4 is 22.2 Å². The van der Waals surface area contributed by atoms with Gasteiger partial charge in [0.2, 0.25) is 5.91 Å². The third kappa shape index (κ3) is 4.60. The highest BCUT2D eigenvalue weighted by Gasteiger charge is 2.28. The van der Waals surface area contributed by atoms with E-state index in [0.29, 0.717) is 5.56 Å². The van der Waals surface area contributed by atoms with Crippen molar-refractivity contribution in [3.05, 3.63) is 16.5 Å². The zero-order valence-corrected chi connectivity index (χ0v) is 16.3. The molecule has 1 aliphatic rings. The van der Waals surface area contributed by atoms with Gasteiger partial charge in [0.15, 0.2) is 0 Å². The summed E-state index contributed by atoms with van der Waals surface area (Å²) < 4.78 is 0. The minimum atomic E-state index is -0.0815. The second-order valence-electron chi connectivity index (χ2n) is 8.06. The Morgan fingerprint density at radius 2 is 2.00 bits per heavy atom. The van der Waals surface area contributed by atoms with Gasteiger partial charge in [-0.05, 0) is 48.0 Å². The molecule has 1 heterocycles. The van der Waals surface area contributed by atoms with Crippen molar-refractivity contribution in [1.82, 2.24) is 0 Å². The summed E-state index contributed by atoms with van der Waals surface area (Å²) in [5.41, 5.74) is 1.58. The summed E-state index contributed by atoms with van der Waals surface area (Å²) in [6, 6.07) is 2.28. The molecule has 1 saturated carbocycles. The number of thiophene rings is 1. The summed E-state index contributed by atoms with van der Waals surface area (Å²) in [6.45, 7) is 8.52. The van der Waals surface area contributed by atoms with Crippen LogP contribution >= 0.6 is 11.3 Å². The zero-order chi connectivity index (χ0) is 17.7. The van der Waals surface area contributed by atoms with Crippen molar-refractivity contribution in [1.29, 1.82) is 5.26 Å². The molecule has 0 atom stereocenters. The van der Waals surface area contributed by atoms with Crippen molar-refractivity contribution in [2.24, 2.45) is 11.8 Å². The predicted molar refractivity (Wildman–Crippen MR) is 101 cm³/mol. The molecular weight excluding hydrogens is 316 g/mol. The van der Waals surface area contributed by atoms with E-state index in [9.17, 15) is 10.1 Å². The standard InChI is InChI=1S/C20H30N2OS/c1-5-6-7-14-8-10-15(11-9-14)18(23)22-19-16(12-21)17(13-24-19)20(2,3)4/h13-15H,5-11H2,1-4H3,(H,22,23). The molecule has 24 heavy (non-hydrogen) atoms. The number of unbranched alkanes of at least 4 members (excludes halogenated alkanes) is 1. The molecule has 1 N–H and O–H groups in total. The van der Waals surface area contributed by atoms with Gasteiger partial charge in [0, 0.05) is 5.92 Å². The first-order valence-electron chi connectivity index (χ1n) is 9.19. The lowest BCUT2D eigenvalue weighted by Crippen LogP contribution is -2.27. The van der Waals surface area contributed by atoms with E-state index in [4.69, 9.17) is 0 Å². The number of carbonyl (C=O) groups excluding carboxylic acids is 1. The van der Waals surface area contributed by atoms with Gasteiger partial charge in [0.1, 0.15) is 11.1 Å². The van der Waals surface area contributed by atoms with Crippen LogP contribution < -0.4 is 5.32 Å². The van der Waals surface area contributed by atoms with Crippen LogP contribution in [0.2, 0.25) is 0 Å². The van der Waals surface area contributed by atoms with E-state index in [1.807, 2.05) is 5.38 Å². The van der Waals surface area contributed by atoms with Gasteiger partial charge >= 0.3 is 0 Å². The van der Waals surface area contributed by atoms with Crippen molar-refractivity contribution in [3.63, 3.8) is 0 Å². The molecule has 0 spiro atoms. The van der Waals surface area contributed by atoms with Crippen LogP contribution in [0, 0.1) is 23.2 Å². The van der Waals surface area contributed by atoms with Gasteiger partial charge in [-0.1, -0.05) is 47.0 Å². The number of anilines is 1. The highest BCUT2D eigenvalue weighted by molar-refractivity contribution is 7.14. The Labute approximate surface area is 150 Å². The van der Waals surface area contributed by atoms with Crippen molar-refractivity contribution < 1.29 is 4.79 Å². The van der Waals surface area contributed by atoms with Crippen molar-refractivity contribution in [2.75, 3.05) is 5.32 Å². The van der Waals surface area contributed by atoms with Crippen LogP contribution in [-0.2, 0) is 10.2 Å². The lowest BCUT2D eigenvalue weighted by molar-refractivity contribution is -0.121. The van der Waals surface area contributed by atoms with Gasteiger partial charge in [0.05, 0.1) is 5.56 Å². The molecule has 0 bridgehead atoms. The molecule has 0 saturated heterocycles. The Morgan fingerprint density at radius 1 is 1.33 bits per heavy atom. The lowest BCUT2D eigenvalue weighted by atomic mass is 9.79. The molecule has 2 rings (SSSR count). The van der Waals surface area contributed by atoms with Crippen LogP contribution in [-0.4, -0.2) is 5.91 Å². The maximum atomic E-state index is 12.6. The van der Waals surface area contributed by atoms with Crippen LogP contribution in [0.25, 0.3) is 0 Å². The number of amides is 1. The van der Waals surface area contributed by atoms with Crippen LogP contribution in [0.1, 0.15) is 83.8 Å². The molecule has 1 amide bonds. The van der Waals surface area contributed by atoms with Crippen LogP contribution in [0.15, 0.2) is 5.38 Å². The number of hydrogen-bond acceptors (Lipinski definition) is 3. The van der Waals surface area contributed by atoms with E-state index in [1.54, 1.807) is 0 Å². The Hall–Kier alpha value is -1.34. The molecule has 1 aromatic heterocycles. The minimum Gasteiger partial charge on any atom is -0.316 e. The van der Waals surface area contributed by atoms with Gasteiger partial charge < -0.3 is 5.32 Å². The first-order chi connectivity index (χ1) is 11.4. The van der Waals surface area contributed by atoms with Gasteiger partial charge in [-0.15, -0.1) is 11.3 Å². The van der Waals surface area contributed by atoms with Crippen LogP contribution in [0.4, 0.5) is 5.00 Å². The van der Waals surface area contributed by atoms with Gasteiger partial charge in [-0.3, -0.25) is 4.79 Å². The minimum absolute atomic E-state index is 0.0815. The molecular formula is C20H30N2OS. The Balaban J connectivity index is 1.97. The predicted octanol–water partition coefficient (Wildman–Crippen LogP) is 5.85. The van der Waals surface area contributed by atoms with Gasteiger partial charge in [0.25, 0.3) is 0 Å². The second kappa shape index (κ2) is 8.16. The van der Waals surface area contributed by atoms with Crippen molar-refractivity contribution in [3.8, 4) is 6.07 Å². The van der Waals surface area contributed by atoms with E-state index in [1.165, 1.54) is 43.4 Å². The molecule has 3 nitrogen and oxygen atoms in total. The van der Waals surface area contributed by atoms with E-state index in [-0.39, 0.29) is 17.2 Å². The summed E-state index contributed by atoms with van der Waals surface area (Å²) >= 11 is 1.48. The third-order valence-corrected chi connectivity index (χ3v) is 6.03. The maximum absolute atomic E-state index is 12.6. The first-order valence-corrected chi connectivity index (χ1v) is 10.1.